The number of nitrogens with zero attached hydrogens (tertiary/aromatic N) is 1. The molecular formula is C10H13NO3S2. The number of thiophene rings is 1. The molecular weight excluding hydrogens is 246 g/mol. The number of hydrogen-bond donors (Lipinski definition) is 0. The van der Waals surface area contributed by atoms with Crippen molar-refractivity contribution in [1.82, 2.24) is 4.90 Å². The van der Waals surface area contributed by atoms with Crippen molar-refractivity contribution in [3.8, 4) is 0 Å². The van der Waals surface area contributed by atoms with Crippen LogP contribution in [0.4, 0.5) is 0 Å². The fourth-order valence-corrected chi connectivity index (χ4v) is 3.30. The van der Waals surface area contributed by atoms with E-state index in [0.29, 0.717) is 13.1 Å². The molecule has 0 aromatic carbocycles. The Morgan fingerprint density at radius 1 is 1.56 bits per heavy atom. The van der Waals surface area contributed by atoms with E-state index in [-0.39, 0.29) is 11.7 Å². The molecule has 1 aliphatic heterocycles. The summed E-state index contributed by atoms with van der Waals surface area (Å²) in [5.74, 6) is -0.675. The van der Waals surface area contributed by atoms with Crippen molar-refractivity contribution in [2.24, 2.45) is 0 Å². The van der Waals surface area contributed by atoms with Gasteiger partial charge < -0.3 is 4.90 Å². The van der Waals surface area contributed by atoms with E-state index in [4.69, 9.17) is 0 Å². The second kappa shape index (κ2) is 4.18. The van der Waals surface area contributed by atoms with E-state index in [2.05, 4.69) is 0 Å². The van der Waals surface area contributed by atoms with Gasteiger partial charge in [-0.05, 0) is 23.4 Å². The molecule has 2 heterocycles. The van der Waals surface area contributed by atoms with Crippen LogP contribution in [0.1, 0.15) is 10.4 Å². The molecule has 0 atom stereocenters. The fraction of sp³-hybridized carbons (Fsp3) is 0.500. The van der Waals surface area contributed by atoms with Crippen molar-refractivity contribution in [2.75, 3.05) is 18.6 Å². The maximum absolute atomic E-state index is 11.7. The zero-order valence-electron chi connectivity index (χ0n) is 8.97. The van der Waals surface area contributed by atoms with E-state index in [9.17, 15) is 13.2 Å². The molecule has 0 aliphatic carbocycles. The third-order valence-electron chi connectivity index (χ3n) is 2.55. The Bertz CT molecular complexity index is 504. The molecule has 6 heteroatoms. The smallest absolute Gasteiger partial charge is 0.238 e. The van der Waals surface area contributed by atoms with Gasteiger partial charge in [0.1, 0.15) is 5.75 Å². The molecule has 0 fully saturated rings. The van der Waals surface area contributed by atoms with Gasteiger partial charge in [-0.1, -0.05) is 0 Å². The first-order valence-electron chi connectivity index (χ1n) is 4.96. The summed E-state index contributed by atoms with van der Waals surface area (Å²) in [6.45, 7) is 1.18. The molecule has 88 valence electrons. The van der Waals surface area contributed by atoms with E-state index >= 15 is 0 Å². The van der Waals surface area contributed by atoms with E-state index < -0.39 is 9.84 Å². The minimum atomic E-state index is -3.23. The van der Waals surface area contributed by atoms with Gasteiger partial charge in [0.15, 0.2) is 9.84 Å². The van der Waals surface area contributed by atoms with Gasteiger partial charge in [-0.15, -0.1) is 11.3 Å². The minimum absolute atomic E-state index is 0.292. The third kappa shape index (κ3) is 2.62. The highest BCUT2D eigenvalue weighted by molar-refractivity contribution is 7.91. The first-order chi connectivity index (χ1) is 7.46. The van der Waals surface area contributed by atoms with Crippen LogP contribution in [-0.4, -0.2) is 37.8 Å². The number of carbonyl (C=O) groups is 1. The zero-order valence-corrected chi connectivity index (χ0v) is 10.6. The number of amides is 1. The predicted octanol–water partition coefficient (Wildman–Crippen LogP) is 0.677. The van der Waals surface area contributed by atoms with Gasteiger partial charge in [0.25, 0.3) is 0 Å². The SMILES string of the molecule is CS(=O)(=O)CC(=O)N1CCc2sccc2C1. The summed E-state index contributed by atoms with van der Waals surface area (Å²) in [5.41, 5.74) is 1.15. The monoisotopic (exact) mass is 259 g/mol. The lowest BCUT2D eigenvalue weighted by Crippen LogP contribution is -2.38. The van der Waals surface area contributed by atoms with Gasteiger partial charge in [-0.2, -0.15) is 0 Å². The van der Waals surface area contributed by atoms with Crippen LogP contribution in [0, 0.1) is 0 Å². The Balaban J connectivity index is 2.06. The second-order valence-corrected chi connectivity index (χ2v) is 7.15. The maximum atomic E-state index is 11.7. The number of fused-ring (bicyclic) bond motifs is 1. The topological polar surface area (TPSA) is 54.5 Å². The van der Waals surface area contributed by atoms with Gasteiger partial charge in [-0.25, -0.2) is 8.42 Å². The van der Waals surface area contributed by atoms with E-state index in [1.807, 2.05) is 11.4 Å². The average Bonchev–Trinajstić information content (AvgIpc) is 2.61. The average molecular weight is 259 g/mol. The minimum Gasteiger partial charge on any atom is -0.337 e. The highest BCUT2D eigenvalue weighted by Crippen LogP contribution is 2.23. The summed E-state index contributed by atoms with van der Waals surface area (Å²) in [6, 6.07) is 2.00. The Morgan fingerprint density at radius 3 is 3.00 bits per heavy atom. The van der Waals surface area contributed by atoms with Gasteiger partial charge in [0.2, 0.25) is 5.91 Å². The Hall–Kier alpha value is -0.880. The molecule has 0 N–H and O–H groups in total. The van der Waals surface area contributed by atoms with E-state index in [0.717, 1.165) is 18.2 Å². The lowest BCUT2D eigenvalue weighted by atomic mass is 10.1. The summed E-state index contributed by atoms with van der Waals surface area (Å²) in [5, 5.41) is 2.01. The van der Waals surface area contributed by atoms with Crippen molar-refractivity contribution < 1.29 is 13.2 Å². The van der Waals surface area contributed by atoms with Crippen molar-refractivity contribution in [3.05, 3.63) is 21.9 Å². The summed E-state index contributed by atoms with van der Waals surface area (Å²) in [7, 11) is -3.23. The molecule has 0 bridgehead atoms. The molecule has 1 aliphatic rings. The first-order valence-corrected chi connectivity index (χ1v) is 7.90. The molecule has 0 saturated heterocycles. The summed E-state index contributed by atoms with van der Waals surface area (Å²) in [6.07, 6.45) is 1.92. The lowest BCUT2D eigenvalue weighted by molar-refractivity contribution is -0.129. The lowest BCUT2D eigenvalue weighted by Gasteiger charge is -2.26. The standard InChI is InChI=1S/C10H13NO3S2/c1-16(13,14)7-10(12)11-4-2-9-8(6-11)3-5-15-9/h3,5H,2,4,6-7H2,1H3. The van der Waals surface area contributed by atoms with Crippen LogP contribution in [-0.2, 0) is 27.6 Å². The Labute approximate surface area is 98.8 Å². The second-order valence-electron chi connectivity index (χ2n) is 4.00. The van der Waals surface area contributed by atoms with Gasteiger partial charge in [0, 0.05) is 24.2 Å². The predicted molar refractivity (Wildman–Crippen MR) is 63.2 cm³/mol. The van der Waals surface area contributed by atoms with Crippen LogP contribution in [0.3, 0.4) is 0 Å². The van der Waals surface area contributed by atoms with Crippen molar-refractivity contribution in [1.29, 1.82) is 0 Å². The number of sulfone groups is 1. The van der Waals surface area contributed by atoms with Crippen LogP contribution >= 0.6 is 11.3 Å². The van der Waals surface area contributed by atoms with Crippen molar-refractivity contribution >= 4 is 27.1 Å². The molecule has 1 aromatic heterocycles. The number of rotatable bonds is 2. The largest absolute Gasteiger partial charge is 0.337 e. The molecule has 16 heavy (non-hydrogen) atoms. The summed E-state index contributed by atoms with van der Waals surface area (Å²) in [4.78, 5) is 14.6. The molecule has 0 saturated carbocycles. The molecule has 0 radical (unpaired) electrons. The number of hydrogen-bond acceptors (Lipinski definition) is 4. The Morgan fingerprint density at radius 2 is 2.31 bits per heavy atom. The summed E-state index contributed by atoms with van der Waals surface area (Å²) < 4.78 is 22.1. The molecule has 1 amide bonds. The molecule has 1 aromatic rings. The van der Waals surface area contributed by atoms with Gasteiger partial charge in [0.05, 0.1) is 0 Å². The molecule has 0 spiro atoms. The van der Waals surface area contributed by atoms with Gasteiger partial charge >= 0.3 is 0 Å². The molecule has 0 unspecified atom stereocenters. The third-order valence-corrected chi connectivity index (χ3v) is 4.34. The summed E-state index contributed by atoms with van der Waals surface area (Å²) >= 11 is 1.70. The first kappa shape index (κ1) is 11.6. The van der Waals surface area contributed by atoms with Crippen molar-refractivity contribution in [3.63, 3.8) is 0 Å². The highest BCUT2D eigenvalue weighted by Gasteiger charge is 2.23. The molecule has 2 rings (SSSR count). The fourth-order valence-electron chi connectivity index (χ4n) is 1.78. The van der Waals surface area contributed by atoms with E-state index in [1.165, 1.54) is 4.88 Å². The normalized spacial score (nSPS) is 15.9. The Kier molecular flexibility index (Phi) is 3.03. The van der Waals surface area contributed by atoms with Crippen LogP contribution in [0.5, 0.6) is 0 Å². The molecule has 4 nitrogen and oxygen atoms in total. The van der Waals surface area contributed by atoms with Gasteiger partial charge in [-0.3, -0.25) is 4.79 Å². The number of carbonyl (C=O) groups excluding carboxylic acids is 1. The van der Waals surface area contributed by atoms with Crippen molar-refractivity contribution in [2.45, 2.75) is 13.0 Å². The quantitative estimate of drug-likeness (QED) is 0.784. The van der Waals surface area contributed by atoms with E-state index in [1.54, 1.807) is 16.2 Å². The van der Waals surface area contributed by atoms with Crippen LogP contribution in [0.15, 0.2) is 11.4 Å². The van der Waals surface area contributed by atoms with Crippen LogP contribution < -0.4 is 0 Å². The maximum Gasteiger partial charge on any atom is 0.238 e. The van der Waals surface area contributed by atoms with Crippen LogP contribution in [0.2, 0.25) is 0 Å². The highest BCUT2D eigenvalue weighted by atomic mass is 32.2. The van der Waals surface area contributed by atoms with Crippen LogP contribution in [0.25, 0.3) is 0 Å². The zero-order chi connectivity index (χ0) is 11.8.